The first-order chi connectivity index (χ1) is 6.56. The van der Waals surface area contributed by atoms with E-state index in [2.05, 4.69) is 37.6 Å². The minimum absolute atomic E-state index is 1.03. The van der Waals surface area contributed by atoms with Crippen molar-refractivity contribution in [2.45, 2.75) is 27.7 Å². The third kappa shape index (κ3) is 2.11. The van der Waals surface area contributed by atoms with E-state index in [1.807, 2.05) is 20.1 Å². The molecule has 1 aromatic carbocycles. The second-order valence-electron chi connectivity index (χ2n) is 3.57. The summed E-state index contributed by atoms with van der Waals surface area (Å²) in [5, 5.41) is 2.20. The van der Waals surface area contributed by atoms with Gasteiger partial charge < -0.3 is 0 Å². The molecule has 1 rings (SSSR count). The van der Waals surface area contributed by atoms with Gasteiger partial charge >= 0.3 is 0 Å². The lowest BCUT2D eigenvalue weighted by Crippen LogP contribution is -2.25. The summed E-state index contributed by atoms with van der Waals surface area (Å²) in [7, 11) is 0. The zero-order valence-electron chi connectivity index (χ0n) is 9.39. The molecule has 0 atom stereocenters. The van der Waals surface area contributed by atoms with Gasteiger partial charge in [0.2, 0.25) is 0 Å². The maximum absolute atomic E-state index is 4.28. The maximum Gasteiger partial charge on any atom is 0.0446 e. The van der Waals surface area contributed by atoms with Crippen molar-refractivity contribution in [2.75, 3.05) is 0 Å². The van der Waals surface area contributed by atoms with E-state index >= 15 is 0 Å². The van der Waals surface area contributed by atoms with Gasteiger partial charge in [0.05, 0.1) is 0 Å². The van der Waals surface area contributed by atoms with Crippen LogP contribution in [0.15, 0.2) is 17.1 Å². The summed E-state index contributed by atoms with van der Waals surface area (Å²) in [6.07, 6.45) is 1.81. The van der Waals surface area contributed by atoms with Crippen molar-refractivity contribution in [1.82, 2.24) is 0 Å². The molecule has 14 heavy (non-hydrogen) atoms. The van der Waals surface area contributed by atoms with Crippen molar-refractivity contribution < 1.29 is 0 Å². The van der Waals surface area contributed by atoms with E-state index in [-0.39, 0.29) is 0 Å². The molecule has 0 fully saturated rings. The van der Waals surface area contributed by atoms with Crippen molar-refractivity contribution in [1.29, 1.82) is 0 Å². The summed E-state index contributed by atoms with van der Waals surface area (Å²) in [6, 6.07) is 4.26. The lowest BCUT2D eigenvalue weighted by atomic mass is 10.1. The van der Waals surface area contributed by atoms with Crippen LogP contribution in [-0.2, 0) is 0 Å². The van der Waals surface area contributed by atoms with Crippen molar-refractivity contribution in [3.05, 3.63) is 33.7 Å². The number of rotatable bonds is 1. The minimum atomic E-state index is 1.03. The van der Waals surface area contributed by atoms with Crippen molar-refractivity contribution in [3.8, 4) is 0 Å². The molecule has 0 spiro atoms. The Hall–Kier alpha value is -1.37. The number of nitrogens with zero attached hydrogens (tertiary/aromatic N) is 1. The number of hydrogen-bond donors (Lipinski definition) is 0. The van der Waals surface area contributed by atoms with Crippen LogP contribution in [-0.4, -0.2) is 6.21 Å². The van der Waals surface area contributed by atoms with Gasteiger partial charge in [0.1, 0.15) is 0 Å². The maximum atomic E-state index is 4.28. The van der Waals surface area contributed by atoms with Crippen LogP contribution in [0.5, 0.6) is 0 Å². The highest BCUT2D eigenvalue weighted by molar-refractivity contribution is 5.62. The fourth-order valence-electron chi connectivity index (χ4n) is 1.48. The number of aryl methyl sites for hydroxylation is 2. The van der Waals surface area contributed by atoms with Crippen LogP contribution in [0.1, 0.15) is 25.0 Å². The Morgan fingerprint density at radius 3 is 2.43 bits per heavy atom. The van der Waals surface area contributed by atoms with E-state index in [0.29, 0.717) is 0 Å². The van der Waals surface area contributed by atoms with E-state index < -0.39 is 0 Å². The molecule has 74 valence electrons. The van der Waals surface area contributed by atoms with Gasteiger partial charge in [-0.2, -0.15) is 0 Å². The second-order valence-corrected chi connectivity index (χ2v) is 3.57. The molecule has 0 aliphatic heterocycles. The second kappa shape index (κ2) is 4.23. The Labute approximate surface area is 85.5 Å². The first kappa shape index (κ1) is 10.7. The molecule has 0 amide bonds. The highest BCUT2D eigenvalue weighted by Gasteiger charge is 1.94. The van der Waals surface area contributed by atoms with E-state index in [9.17, 15) is 0 Å². The van der Waals surface area contributed by atoms with E-state index in [1.165, 1.54) is 11.1 Å². The van der Waals surface area contributed by atoms with Crippen LogP contribution < -0.4 is 10.4 Å². The highest BCUT2D eigenvalue weighted by Crippen LogP contribution is 1.99. The topological polar surface area (TPSA) is 12.4 Å². The zero-order chi connectivity index (χ0) is 10.7. The fraction of sp³-hybridized carbons (Fsp3) is 0.308. The van der Waals surface area contributed by atoms with Crippen molar-refractivity contribution in [3.63, 3.8) is 0 Å². The van der Waals surface area contributed by atoms with Gasteiger partial charge in [-0.3, -0.25) is 4.99 Å². The lowest BCUT2D eigenvalue weighted by Gasteiger charge is -2.00. The predicted octanol–water partition coefficient (Wildman–Crippen LogP) is 1.93. The molecule has 1 aromatic rings. The molecule has 0 N–H and O–H groups in total. The summed E-state index contributed by atoms with van der Waals surface area (Å²) in [5.74, 6) is 0. The van der Waals surface area contributed by atoms with Crippen LogP contribution in [0.4, 0.5) is 0 Å². The smallest absolute Gasteiger partial charge is 0.0446 e. The van der Waals surface area contributed by atoms with Gasteiger partial charge in [-0.1, -0.05) is 12.6 Å². The summed E-state index contributed by atoms with van der Waals surface area (Å²) in [6.45, 7) is 12.2. The van der Waals surface area contributed by atoms with E-state index in [4.69, 9.17) is 0 Å². The molecule has 0 saturated carbocycles. The Balaban J connectivity index is 3.59. The lowest BCUT2D eigenvalue weighted by molar-refractivity contribution is 1.28. The Morgan fingerprint density at radius 1 is 1.29 bits per heavy atom. The standard InChI is InChI=1S/C13H17N/c1-6-14-12(5)13-8-10(3)9(2)7-11(13)4/h6-8H,4H2,1-3,5H3/b13-12-,14-6?. The van der Waals surface area contributed by atoms with Crippen LogP contribution in [0.25, 0.3) is 12.3 Å². The third-order valence-electron chi connectivity index (χ3n) is 2.43. The average molecular weight is 187 g/mol. The normalized spacial score (nSPS) is 13.4. The minimum Gasteiger partial charge on any atom is -0.266 e. The van der Waals surface area contributed by atoms with Gasteiger partial charge in [-0.15, -0.1) is 0 Å². The molecule has 0 aromatic heterocycles. The quantitative estimate of drug-likeness (QED) is 0.596. The van der Waals surface area contributed by atoms with Gasteiger partial charge in [0.15, 0.2) is 0 Å². The summed E-state index contributed by atoms with van der Waals surface area (Å²) >= 11 is 0. The Kier molecular flexibility index (Phi) is 3.23. The van der Waals surface area contributed by atoms with Crippen LogP contribution in [0.3, 0.4) is 0 Å². The van der Waals surface area contributed by atoms with Crippen LogP contribution >= 0.6 is 0 Å². The third-order valence-corrected chi connectivity index (χ3v) is 2.43. The van der Waals surface area contributed by atoms with Crippen molar-refractivity contribution in [2.24, 2.45) is 4.99 Å². The summed E-state index contributed by atoms with van der Waals surface area (Å²) in [4.78, 5) is 4.28. The molecule has 0 aliphatic rings. The van der Waals surface area contributed by atoms with Gasteiger partial charge in [0.25, 0.3) is 0 Å². The molecule has 0 unspecified atom stereocenters. The molecule has 1 heteroatoms. The van der Waals surface area contributed by atoms with Gasteiger partial charge in [-0.05, 0) is 50.1 Å². The monoisotopic (exact) mass is 187 g/mol. The zero-order valence-corrected chi connectivity index (χ0v) is 9.39. The first-order valence-corrected chi connectivity index (χ1v) is 4.82. The highest BCUT2D eigenvalue weighted by atomic mass is 14.7. The van der Waals surface area contributed by atoms with Gasteiger partial charge in [0, 0.05) is 17.1 Å². The molecular formula is C13H17N. The molecule has 0 saturated heterocycles. The SMILES string of the molecule is C=c1cc(C)c(C)c/c1=C(\C)N=CC. The average Bonchev–Trinajstić information content (AvgIpc) is 2.11. The molecule has 0 aliphatic carbocycles. The Morgan fingerprint density at radius 2 is 1.86 bits per heavy atom. The number of hydrogen-bond acceptors (Lipinski definition) is 1. The van der Waals surface area contributed by atoms with Crippen LogP contribution in [0.2, 0.25) is 0 Å². The summed E-state index contributed by atoms with van der Waals surface area (Å²) in [5.41, 5.74) is 3.60. The number of benzene rings is 1. The molecule has 1 nitrogen and oxygen atoms in total. The predicted molar refractivity (Wildman–Crippen MR) is 63.9 cm³/mol. The largest absolute Gasteiger partial charge is 0.266 e. The van der Waals surface area contributed by atoms with Crippen molar-refractivity contribution >= 4 is 18.5 Å². The fourth-order valence-corrected chi connectivity index (χ4v) is 1.48. The first-order valence-electron chi connectivity index (χ1n) is 4.82. The molecule has 0 bridgehead atoms. The van der Waals surface area contributed by atoms with E-state index in [1.54, 1.807) is 0 Å². The van der Waals surface area contributed by atoms with Crippen LogP contribution in [0, 0.1) is 13.8 Å². The van der Waals surface area contributed by atoms with E-state index in [0.717, 1.165) is 16.1 Å². The molecule has 0 heterocycles. The molecule has 0 radical (unpaired) electrons. The van der Waals surface area contributed by atoms with Gasteiger partial charge in [-0.25, -0.2) is 0 Å². The number of aliphatic imine (C=N–C) groups is 1. The summed E-state index contributed by atoms with van der Waals surface area (Å²) < 4.78 is 0. The Bertz CT molecular complexity index is 467. The molecular weight excluding hydrogens is 170 g/mol.